The van der Waals surface area contributed by atoms with Crippen LogP contribution in [0.3, 0.4) is 0 Å². The number of carbonyl (C=O) groups is 1. The van der Waals surface area contributed by atoms with Crippen molar-refractivity contribution in [3.63, 3.8) is 0 Å². The maximum absolute atomic E-state index is 13.4. The molecule has 0 unspecified atom stereocenters. The van der Waals surface area contributed by atoms with E-state index in [0.29, 0.717) is 5.69 Å². The molecule has 0 radical (unpaired) electrons. The van der Waals surface area contributed by atoms with Crippen LogP contribution in [-0.4, -0.2) is 25.5 Å². The number of aromatic nitrogens is 4. The lowest BCUT2D eigenvalue weighted by molar-refractivity contribution is -0.140. The molecule has 0 aliphatic rings. The second-order valence-corrected chi connectivity index (χ2v) is 5.57. The average Bonchev–Trinajstić information content (AvgIpc) is 3.10. The molecule has 2 N–H and O–H groups in total. The van der Waals surface area contributed by atoms with Gasteiger partial charge in [-0.1, -0.05) is 12.1 Å². The van der Waals surface area contributed by atoms with Gasteiger partial charge in [-0.15, -0.1) is 0 Å². The van der Waals surface area contributed by atoms with Crippen LogP contribution in [0.15, 0.2) is 36.7 Å². The third-order valence-corrected chi connectivity index (χ3v) is 3.66. The first kappa shape index (κ1) is 16.7. The van der Waals surface area contributed by atoms with Crippen LogP contribution in [0.25, 0.3) is 16.8 Å². The van der Waals surface area contributed by atoms with E-state index >= 15 is 0 Å². The highest BCUT2D eigenvalue weighted by Crippen LogP contribution is 2.38. The van der Waals surface area contributed by atoms with Crippen molar-refractivity contribution in [2.45, 2.75) is 13.1 Å². The number of amides is 1. The SMILES string of the molecule is Cc1cnn(-c2cccc(-c3c(C(F)(F)F)nn(C)c3C(N)=O)c2)c1. The Bertz CT molecular complexity index is 955. The first-order chi connectivity index (χ1) is 11.7. The fourth-order valence-electron chi connectivity index (χ4n) is 2.64. The monoisotopic (exact) mass is 349 g/mol. The van der Waals surface area contributed by atoms with Crippen LogP contribution in [0.5, 0.6) is 0 Å². The number of alkyl halides is 3. The second kappa shape index (κ2) is 5.76. The van der Waals surface area contributed by atoms with Crippen LogP contribution in [0.1, 0.15) is 21.7 Å². The third-order valence-electron chi connectivity index (χ3n) is 3.66. The Labute approximate surface area is 140 Å². The molecule has 0 aliphatic carbocycles. The van der Waals surface area contributed by atoms with Gasteiger partial charge >= 0.3 is 6.18 Å². The van der Waals surface area contributed by atoms with Crippen LogP contribution in [-0.2, 0) is 13.2 Å². The Hall–Kier alpha value is -3.10. The lowest BCUT2D eigenvalue weighted by Crippen LogP contribution is -2.17. The van der Waals surface area contributed by atoms with Crippen molar-refractivity contribution in [1.29, 1.82) is 0 Å². The molecule has 0 saturated heterocycles. The number of nitrogens with two attached hydrogens (primary N) is 1. The highest BCUT2D eigenvalue weighted by atomic mass is 19.4. The number of rotatable bonds is 3. The largest absolute Gasteiger partial charge is 0.435 e. The van der Waals surface area contributed by atoms with Gasteiger partial charge in [-0.3, -0.25) is 9.48 Å². The van der Waals surface area contributed by atoms with Crippen LogP contribution >= 0.6 is 0 Å². The lowest BCUT2D eigenvalue weighted by atomic mass is 10.0. The fourth-order valence-corrected chi connectivity index (χ4v) is 2.64. The van der Waals surface area contributed by atoms with Crippen LogP contribution in [0, 0.1) is 6.92 Å². The number of primary amides is 1. The first-order valence-electron chi connectivity index (χ1n) is 7.24. The van der Waals surface area contributed by atoms with Gasteiger partial charge in [0.1, 0.15) is 5.69 Å². The average molecular weight is 349 g/mol. The van der Waals surface area contributed by atoms with Gasteiger partial charge in [0.2, 0.25) is 0 Å². The normalized spacial score (nSPS) is 11.7. The summed E-state index contributed by atoms with van der Waals surface area (Å²) in [5.74, 6) is -0.985. The molecule has 1 aromatic carbocycles. The molecule has 9 heteroatoms. The molecule has 2 aromatic heterocycles. The summed E-state index contributed by atoms with van der Waals surface area (Å²) in [4.78, 5) is 11.7. The molecule has 0 atom stereocenters. The van der Waals surface area contributed by atoms with Gasteiger partial charge in [0.05, 0.1) is 11.9 Å². The van der Waals surface area contributed by atoms with Crippen LogP contribution in [0.2, 0.25) is 0 Å². The molecule has 3 aromatic rings. The Balaban J connectivity index is 2.24. The van der Waals surface area contributed by atoms with Crippen molar-refractivity contribution in [2.24, 2.45) is 12.8 Å². The lowest BCUT2D eigenvalue weighted by Gasteiger charge is -2.09. The summed E-state index contributed by atoms with van der Waals surface area (Å²) in [5, 5.41) is 7.59. The number of carbonyl (C=O) groups excluding carboxylic acids is 1. The maximum Gasteiger partial charge on any atom is 0.435 e. The molecular weight excluding hydrogens is 335 g/mol. The minimum Gasteiger partial charge on any atom is -0.364 e. The van der Waals surface area contributed by atoms with Gasteiger partial charge < -0.3 is 5.73 Å². The molecule has 3 rings (SSSR count). The van der Waals surface area contributed by atoms with Crippen molar-refractivity contribution >= 4 is 5.91 Å². The van der Waals surface area contributed by atoms with Crippen molar-refractivity contribution in [3.8, 4) is 16.8 Å². The third kappa shape index (κ3) is 3.00. The van der Waals surface area contributed by atoms with Crippen molar-refractivity contribution in [1.82, 2.24) is 19.6 Å². The summed E-state index contributed by atoms with van der Waals surface area (Å²) < 4.78 is 42.5. The van der Waals surface area contributed by atoms with Crippen molar-refractivity contribution < 1.29 is 18.0 Å². The minimum atomic E-state index is -4.72. The van der Waals surface area contributed by atoms with E-state index < -0.39 is 17.8 Å². The molecular formula is C16H14F3N5O. The zero-order chi connectivity index (χ0) is 18.4. The molecule has 0 saturated carbocycles. The highest BCUT2D eigenvalue weighted by Gasteiger charge is 2.40. The van der Waals surface area contributed by atoms with Gasteiger partial charge in [-0.2, -0.15) is 23.4 Å². The molecule has 0 fully saturated rings. The zero-order valence-corrected chi connectivity index (χ0v) is 13.4. The molecule has 25 heavy (non-hydrogen) atoms. The Kier molecular flexibility index (Phi) is 3.86. The Morgan fingerprint density at radius 3 is 2.56 bits per heavy atom. The predicted octanol–water partition coefficient (Wildman–Crippen LogP) is 2.70. The molecule has 0 spiro atoms. The minimum absolute atomic E-state index is 0.180. The quantitative estimate of drug-likeness (QED) is 0.790. The second-order valence-electron chi connectivity index (χ2n) is 5.57. The Morgan fingerprint density at radius 1 is 1.28 bits per heavy atom. The van der Waals surface area contributed by atoms with Crippen molar-refractivity contribution in [2.75, 3.05) is 0 Å². The molecule has 6 nitrogen and oxygen atoms in total. The highest BCUT2D eigenvalue weighted by molar-refractivity contribution is 5.99. The predicted molar refractivity (Wildman–Crippen MR) is 84.0 cm³/mol. The molecule has 0 bridgehead atoms. The zero-order valence-electron chi connectivity index (χ0n) is 13.4. The number of aryl methyl sites for hydroxylation is 2. The number of hydrogen-bond donors (Lipinski definition) is 1. The van der Waals surface area contributed by atoms with Gasteiger partial charge in [-0.25, -0.2) is 4.68 Å². The standard InChI is InChI=1S/C16H14F3N5O/c1-9-7-21-24(8-9)11-5-3-4-10(6-11)12-13(15(20)25)23(2)22-14(12)16(17,18)19/h3-8H,1-2H3,(H2,20,25). The number of halogens is 3. The summed E-state index contributed by atoms with van der Waals surface area (Å²) in [6.45, 7) is 1.85. The first-order valence-corrected chi connectivity index (χ1v) is 7.24. The van der Waals surface area contributed by atoms with Crippen LogP contribution < -0.4 is 5.73 Å². The van der Waals surface area contributed by atoms with E-state index in [4.69, 9.17) is 5.73 Å². The Morgan fingerprint density at radius 2 is 2.00 bits per heavy atom. The molecule has 1 amide bonds. The topological polar surface area (TPSA) is 78.7 Å². The summed E-state index contributed by atoms with van der Waals surface area (Å²) in [6.07, 6.45) is -1.35. The van der Waals surface area contributed by atoms with Gasteiger partial charge in [0, 0.05) is 18.8 Å². The smallest absolute Gasteiger partial charge is 0.364 e. The fraction of sp³-hybridized carbons (Fsp3) is 0.188. The van der Waals surface area contributed by atoms with E-state index in [-0.39, 0.29) is 16.8 Å². The van der Waals surface area contributed by atoms with E-state index in [1.165, 1.54) is 23.9 Å². The number of nitrogens with zero attached hydrogens (tertiary/aromatic N) is 4. The summed E-state index contributed by atoms with van der Waals surface area (Å²) in [5.41, 5.74) is 5.12. The van der Waals surface area contributed by atoms with E-state index in [1.807, 2.05) is 6.92 Å². The molecule has 130 valence electrons. The molecule has 2 heterocycles. The van der Waals surface area contributed by atoms with Crippen molar-refractivity contribution in [3.05, 3.63) is 53.6 Å². The van der Waals surface area contributed by atoms with Gasteiger partial charge in [0.25, 0.3) is 5.91 Å². The summed E-state index contributed by atoms with van der Waals surface area (Å²) in [6, 6.07) is 6.26. The summed E-state index contributed by atoms with van der Waals surface area (Å²) in [7, 11) is 1.25. The van der Waals surface area contributed by atoms with Crippen LogP contribution in [0.4, 0.5) is 13.2 Å². The van der Waals surface area contributed by atoms with E-state index in [1.54, 1.807) is 24.5 Å². The van der Waals surface area contributed by atoms with E-state index in [0.717, 1.165) is 10.2 Å². The van der Waals surface area contributed by atoms with E-state index in [9.17, 15) is 18.0 Å². The number of benzene rings is 1. The molecule has 0 aliphatic heterocycles. The maximum atomic E-state index is 13.4. The van der Waals surface area contributed by atoms with Gasteiger partial charge in [-0.05, 0) is 30.2 Å². The van der Waals surface area contributed by atoms with E-state index in [2.05, 4.69) is 10.2 Å². The number of hydrogen-bond acceptors (Lipinski definition) is 3. The van der Waals surface area contributed by atoms with Gasteiger partial charge in [0.15, 0.2) is 5.69 Å². The summed E-state index contributed by atoms with van der Waals surface area (Å²) >= 11 is 0.